The van der Waals surface area contributed by atoms with Gasteiger partial charge in [-0.15, -0.1) is 0 Å². The van der Waals surface area contributed by atoms with Crippen LogP contribution in [0.5, 0.6) is 0 Å². The number of aldehydes is 1. The van der Waals surface area contributed by atoms with Gasteiger partial charge in [-0.05, 0) is 13.0 Å². The first-order valence-electron chi connectivity index (χ1n) is 2.90. The van der Waals surface area contributed by atoms with E-state index in [4.69, 9.17) is 0 Å². The Kier molecular flexibility index (Phi) is 4.69. The summed E-state index contributed by atoms with van der Waals surface area (Å²) in [7, 11) is 0. The highest BCUT2D eigenvalue weighted by atomic mass is 16.1. The van der Waals surface area contributed by atoms with Crippen LogP contribution in [0, 0.1) is 0 Å². The van der Waals surface area contributed by atoms with Crippen LogP contribution in [0.25, 0.3) is 0 Å². The summed E-state index contributed by atoms with van der Waals surface area (Å²) < 4.78 is 0. The van der Waals surface area contributed by atoms with E-state index in [9.17, 15) is 9.59 Å². The Morgan fingerprint density at radius 3 is 2.67 bits per heavy atom. The molecule has 0 aliphatic rings. The molecule has 0 aliphatic heterocycles. The summed E-state index contributed by atoms with van der Waals surface area (Å²) in [5.41, 5.74) is 0. The number of allylic oxidation sites excluding steroid dienone is 2. The third kappa shape index (κ3) is 4.94. The molecule has 0 rings (SSSR count). The van der Waals surface area contributed by atoms with Gasteiger partial charge in [0.05, 0.1) is 0 Å². The lowest BCUT2D eigenvalue weighted by Crippen LogP contribution is -1.91. The summed E-state index contributed by atoms with van der Waals surface area (Å²) in [5.74, 6) is 0.0181. The van der Waals surface area contributed by atoms with Gasteiger partial charge in [-0.25, -0.2) is 0 Å². The number of hydrogen-bond acceptors (Lipinski definition) is 2. The Labute approximate surface area is 54.6 Å². The van der Waals surface area contributed by atoms with Crippen molar-refractivity contribution in [2.45, 2.75) is 19.8 Å². The zero-order valence-electron chi connectivity index (χ0n) is 5.46. The number of carbonyl (C=O) groups is 2. The fourth-order valence-electron chi connectivity index (χ4n) is 0.470. The third-order valence-corrected chi connectivity index (χ3v) is 0.861. The van der Waals surface area contributed by atoms with Crippen LogP contribution >= 0.6 is 0 Å². The van der Waals surface area contributed by atoms with Gasteiger partial charge in [0.15, 0.2) is 5.78 Å². The minimum atomic E-state index is 0.0181. The van der Waals surface area contributed by atoms with Crippen LogP contribution < -0.4 is 0 Å². The van der Waals surface area contributed by atoms with E-state index in [1.54, 1.807) is 13.0 Å². The monoisotopic (exact) mass is 126 g/mol. The van der Waals surface area contributed by atoms with E-state index in [-0.39, 0.29) is 5.78 Å². The predicted molar refractivity (Wildman–Crippen MR) is 35.1 cm³/mol. The smallest absolute Gasteiger partial charge is 0.155 e. The first kappa shape index (κ1) is 8.08. The van der Waals surface area contributed by atoms with E-state index in [2.05, 4.69) is 0 Å². The number of rotatable bonds is 4. The van der Waals surface area contributed by atoms with E-state index >= 15 is 0 Å². The molecule has 0 spiro atoms. The normalized spacial score (nSPS) is 9.89. The summed E-state index contributed by atoms with van der Waals surface area (Å²) in [6, 6.07) is 0. The lowest BCUT2D eigenvalue weighted by molar-refractivity contribution is -0.116. The van der Waals surface area contributed by atoms with Crippen LogP contribution in [-0.2, 0) is 9.59 Å². The zero-order chi connectivity index (χ0) is 7.11. The Morgan fingerprint density at radius 2 is 2.22 bits per heavy atom. The molecule has 50 valence electrons. The molecule has 0 aromatic rings. The van der Waals surface area contributed by atoms with Crippen molar-refractivity contribution in [3.05, 3.63) is 12.2 Å². The second-order valence-corrected chi connectivity index (χ2v) is 1.67. The van der Waals surface area contributed by atoms with Gasteiger partial charge < -0.3 is 4.79 Å². The summed E-state index contributed by atoms with van der Waals surface area (Å²) in [6.45, 7) is 1.78. The van der Waals surface area contributed by atoms with Gasteiger partial charge in [0.25, 0.3) is 0 Å². The van der Waals surface area contributed by atoms with Crippen LogP contribution in [0.15, 0.2) is 12.2 Å². The topological polar surface area (TPSA) is 34.1 Å². The van der Waals surface area contributed by atoms with Crippen molar-refractivity contribution >= 4 is 12.1 Å². The van der Waals surface area contributed by atoms with E-state index < -0.39 is 0 Å². The minimum absolute atomic E-state index is 0.0181. The molecule has 0 N–H and O–H groups in total. The summed E-state index contributed by atoms with van der Waals surface area (Å²) >= 11 is 0. The van der Waals surface area contributed by atoms with E-state index in [1.165, 1.54) is 6.08 Å². The molecule has 0 unspecified atom stereocenters. The summed E-state index contributed by atoms with van der Waals surface area (Å²) in [6.07, 6.45) is 4.58. The Morgan fingerprint density at radius 1 is 1.56 bits per heavy atom. The maximum absolute atomic E-state index is 10.6. The maximum Gasteiger partial charge on any atom is 0.155 e. The molecule has 0 bridgehead atoms. The predicted octanol–water partition coefficient (Wildman–Crippen LogP) is 1.11. The van der Waals surface area contributed by atoms with E-state index in [0.29, 0.717) is 12.8 Å². The van der Waals surface area contributed by atoms with Gasteiger partial charge in [-0.2, -0.15) is 0 Å². The third-order valence-electron chi connectivity index (χ3n) is 0.861. The molecule has 0 fully saturated rings. The molecule has 0 aromatic heterocycles. The number of carbonyl (C=O) groups excluding carboxylic acids is 2. The molecule has 2 nitrogen and oxygen atoms in total. The zero-order valence-corrected chi connectivity index (χ0v) is 5.46. The van der Waals surface area contributed by atoms with Crippen molar-refractivity contribution < 1.29 is 9.59 Å². The van der Waals surface area contributed by atoms with Crippen molar-refractivity contribution in [1.82, 2.24) is 0 Å². The minimum Gasteiger partial charge on any atom is -0.303 e. The van der Waals surface area contributed by atoms with Gasteiger partial charge in [0.2, 0.25) is 0 Å². The first-order chi connectivity index (χ1) is 4.31. The van der Waals surface area contributed by atoms with Crippen molar-refractivity contribution in [3.8, 4) is 0 Å². The lowest BCUT2D eigenvalue weighted by atomic mass is 10.2. The van der Waals surface area contributed by atoms with E-state index in [0.717, 1.165) is 6.29 Å². The second kappa shape index (κ2) is 5.22. The highest BCUT2D eigenvalue weighted by Gasteiger charge is 1.92. The molecule has 0 atom stereocenters. The molecule has 0 radical (unpaired) electrons. The van der Waals surface area contributed by atoms with Crippen LogP contribution in [0.4, 0.5) is 0 Å². The van der Waals surface area contributed by atoms with Gasteiger partial charge in [0.1, 0.15) is 6.29 Å². The van der Waals surface area contributed by atoms with Crippen LogP contribution in [0.2, 0.25) is 0 Å². The Hall–Kier alpha value is -0.920. The molecule has 0 aromatic carbocycles. The van der Waals surface area contributed by atoms with Gasteiger partial charge in [-0.1, -0.05) is 6.08 Å². The lowest BCUT2D eigenvalue weighted by Gasteiger charge is -1.84. The average Bonchev–Trinajstić information content (AvgIpc) is 1.85. The number of ketones is 1. The van der Waals surface area contributed by atoms with Crippen molar-refractivity contribution in [1.29, 1.82) is 0 Å². The van der Waals surface area contributed by atoms with Crippen LogP contribution in [0.1, 0.15) is 19.8 Å². The van der Waals surface area contributed by atoms with Crippen molar-refractivity contribution in [3.63, 3.8) is 0 Å². The van der Waals surface area contributed by atoms with Crippen LogP contribution in [-0.4, -0.2) is 12.1 Å². The Bertz CT molecular complexity index is 125. The molecule has 0 amide bonds. The molecule has 2 heteroatoms. The van der Waals surface area contributed by atoms with Gasteiger partial charge in [0, 0.05) is 12.8 Å². The molecule has 0 heterocycles. The van der Waals surface area contributed by atoms with Crippen molar-refractivity contribution in [2.24, 2.45) is 0 Å². The van der Waals surface area contributed by atoms with E-state index in [1.807, 2.05) is 0 Å². The second-order valence-electron chi connectivity index (χ2n) is 1.67. The first-order valence-corrected chi connectivity index (χ1v) is 2.90. The van der Waals surface area contributed by atoms with Crippen LogP contribution in [0.3, 0.4) is 0 Å². The quantitative estimate of drug-likeness (QED) is 0.417. The van der Waals surface area contributed by atoms with Gasteiger partial charge >= 0.3 is 0 Å². The fraction of sp³-hybridized carbons (Fsp3) is 0.429. The largest absolute Gasteiger partial charge is 0.303 e. The summed E-state index contributed by atoms with van der Waals surface area (Å²) in [5, 5.41) is 0. The highest BCUT2D eigenvalue weighted by Crippen LogP contribution is 1.88. The molecular formula is C7H10O2. The molecule has 9 heavy (non-hydrogen) atoms. The van der Waals surface area contributed by atoms with Crippen molar-refractivity contribution in [2.75, 3.05) is 0 Å². The molecular weight excluding hydrogens is 116 g/mol. The Balaban J connectivity index is 3.38. The number of hydrogen-bond donors (Lipinski definition) is 0. The van der Waals surface area contributed by atoms with Gasteiger partial charge in [-0.3, -0.25) is 4.79 Å². The molecule has 0 saturated heterocycles. The fourth-order valence-corrected chi connectivity index (χ4v) is 0.470. The maximum atomic E-state index is 10.6. The standard InChI is InChI=1S/C7H10O2/c1-2-4-7(9)5-3-6-8/h2,4,6H,3,5H2,1H3/b4-2+. The molecule has 0 saturated carbocycles. The average molecular weight is 126 g/mol. The summed E-state index contributed by atoms with van der Waals surface area (Å²) in [4.78, 5) is 20.3. The highest BCUT2D eigenvalue weighted by molar-refractivity contribution is 5.90. The molecule has 0 aliphatic carbocycles. The SMILES string of the molecule is C/C=C/C(=O)CCC=O.